The zero-order valence-corrected chi connectivity index (χ0v) is 12.5. The Bertz CT molecular complexity index is 551. The van der Waals surface area contributed by atoms with Crippen LogP contribution in [0.15, 0.2) is 30.6 Å². The van der Waals surface area contributed by atoms with Gasteiger partial charge in [-0.25, -0.2) is 4.98 Å². The van der Waals surface area contributed by atoms with E-state index in [0.717, 1.165) is 24.5 Å². The summed E-state index contributed by atoms with van der Waals surface area (Å²) in [6.45, 7) is 5.85. The van der Waals surface area contributed by atoms with Crippen LogP contribution >= 0.6 is 23.2 Å². The Morgan fingerprint density at radius 1 is 1.32 bits per heavy atom. The van der Waals surface area contributed by atoms with Gasteiger partial charge in [-0.3, -0.25) is 0 Å². The van der Waals surface area contributed by atoms with Gasteiger partial charge in [0.15, 0.2) is 0 Å². The molecule has 5 heteroatoms. The van der Waals surface area contributed by atoms with Crippen LogP contribution in [0, 0.1) is 0 Å². The lowest BCUT2D eigenvalue weighted by molar-refractivity contribution is 0.540. The molecule has 1 heterocycles. The second-order valence-electron chi connectivity index (χ2n) is 4.41. The van der Waals surface area contributed by atoms with Crippen LogP contribution in [-0.4, -0.2) is 9.55 Å². The maximum Gasteiger partial charge on any atom is 0.122 e. The lowest BCUT2D eigenvalue weighted by atomic mass is 10.1. The first-order valence-electron chi connectivity index (χ1n) is 6.30. The fourth-order valence-corrected chi connectivity index (χ4v) is 2.25. The van der Waals surface area contributed by atoms with Gasteiger partial charge in [0.05, 0.1) is 16.6 Å². The number of halogens is 2. The molecule has 0 amide bonds. The first-order chi connectivity index (χ1) is 9.11. The van der Waals surface area contributed by atoms with E-state index in [4.69, 9.17) is 23.2 Å². The van der Waals surface area contributed by atoms with Gasteiger partial charge in [0.25, 0.3) is 0 Å². The van der Waals surface area contributed by atoms with Gasteiger partial charge in [-0.1, -0.05) is 29.3 Å². The van der Waals surface area contributed by atoms with Gasteiger partial charge in [-0.15, -0.1) is 0 Å². The molecule has 1 aromatic carbocycles. The molecule has 2 rings (SSSR count). The molecule has 0 aliphatic heterocycles. The summed E-state index contributed by atoms with van der Waals surface area (Å²) in [7, 11) is 0. The minimum atomic E-state index is 0.191. The van der Waals surface area contributed by atoms with Crippen molar-refractivity contribution < 1.29 is 0 Å². The van der Waals surface area contributed by atoms with E-state index in [9.17, 15) is 0 Å². The van der Waals surface area contributed by atoms with Crippen LogP contribution in [0.4, 0.5) is 0 Å². The van der Waals surface area contributed by atoms with Gasteiger partial charge in [0.2, 0.25) is 0 Å². The highest BCUT2D eigenvalue weighted by atomic mass is 35.5. The number of rotatable bonds is 5. The van der Waals surface area contributed by atoms with Crippen LogP contribution in [0.5, 0.6) is 0 Å². The van der Waals surface area contributed by atoms with Crippen molar-refractivity contribution in [3.8, 4) is 0 Å². The molecule has 1 atom stereocenters. The van der Waals surface area contributed by atoms with Crippen molar-refractivity contribution in [2.45, 2.75) is 33.0 Å². The highest BCUT2D eigenvalue weighted by Crippen LogP contribution is 2.25. The molecule has 0 fully saturated rings. The smallest absolute Gasteiger partial charge is 0.122 e. The Hall–Kier alpha value is -1.03. The number of hydrogen-bond acceptors (Lipinski definition) is 2. The third-order valence-corrected chi connectivity index (χ3v) is 3.89. The Morgan fingerprint density at radius 2 is 2.11 bits per heavy atom. The van der Waals surface area contributed by atoms with Gasteiger partial charge in [0, 0.05) is 25.0 Å². The highest BCUT2D eigenvalue weighted by Gasteiger charge is 2.09. The second kappa shape index (κ2) is 6.42. The highest BCUT2D eigenvalue weighted by molar-refractivity contribution is 6.42. The molecule has 0 bridgehead atoms. The first kappa shape index (κ1) is 14.4. The summed E-state index contributed by atoms with van der Waals surface area (Å²) in [5, 5.41) is 4.61. The predicted octanol–water partition coefficient (Wildman–Crippen LogP) is 4.06. The number of hydrogen-bond donors (Lipinski definition) is 1. The average molecular weight is 298 g/mol. The standard InChI is InChI=1S/C14H17Cl2N3/c1-3-19-7-6-17-14(19)9-18-10(2)11-4-5-12(15)13(16)8-11/h4-8,10,18H,3,9H2,1-2H3/t10-/m1/s1. The first-order valence-corrected chi connectivity index (χ1v) is 7.05. The Kier molecular flexibility index (Phi) is 4.86. The average Bonchev–Trinajstić information content (AvgIpc) is 2.86. The number of aryl methyl sites for hydroxylation is 1. The van der Waals surface area contributed by atoms with E-state index in [1.807, 2.05) is 30.6 Å². The third kappa shape index (κ3) is 3.50. The van der Waals surface area contributed by atoms with E-state index >= 15 is 0 Å². The van der Waals surface area contributed by atoms with Crippen molar-refractivity contribution in [2.24, 2.45) is 0 Å². The summed E-state index contributed by atoms with van der Waals surface area (Å²) in [6, 6.07) is 5.90. The van der Waals surface area contributed by atoms with E-state index < -0.39 is 0 Å². The molecule has 2 aromatic rings. The quantitative estimate of drug-likeness (QED) is 0.902. The van der Waals surface area contributed by atoms with E-state index in [-0.39, 0.29) is 6.04 Å². The van der Waals surface area contributed by atoms with Crippen LogP contribution in [-0.2, 0) is 13.1 Å². The normalized spacial score (nSPS) is 12.6. The number of nitrogens with one attached hydrogen (secondary N) is 1. The molecule has 102 valence electrons. The SMILES string of the molecule is CCn1ccnc1CN[C@H](C)c1ccc(Cl)c(Cl)c1. The van der Waals surface area contributed by atoms with Gasteiger partial charge in [-0.2, -0.15) is 0 Å². The number of benzene rings is 1. The number of aromatic nitrogens is 2. The molecule has 1 aromatic heterocycles. The lowest BCUT2D eigenvalue weighted by Crippen LogP contribution is -2.20. The number of nitrogens with zero attached hydrogens (tertiary/aromatic N) is 2. The minimum absolute atomic E-state index is 0.191. The van der Waals surface area contributed by atoms with Gasteiger partial charge in [-0.05, 0) is 31.5 Å². The molecule has 0 saturated heterocycles. The van der Waals surface area contributed by atoms with E-state index in [2.05, 4.69) is 28.7 Å². The van der Waals surface area contributed by atoms with Crippen LogP contribution in [0.2, 0.25) is 10.0 Å². The Labute approximate surface area is 123 Å². The molecular formula is C14H17Cl2N3. The van der Waals surface area contributed by atoms with Crippen molar-refractivity contribution in [3.05, 3.63) is 52.0 Å². The molecule has 0 unspecified atom stereocenters. The van der Waals surface area contributed by atoms with Gasteiger partial charge >= 0.3 is 0 Å². The fourth-order valence-electron chi connectivity index (χ4n) is 1.94. The molecule has 0 aliphatic rings. The molecule has 3 nitrogen and oxygen atoms in total. The van der Waals surface area contributed by atoms with E-state index in [1.54, 1.807) is 0 Å². The largest absolute Gasteiger partial charge is 0.334 e. The summed E-state index contributed by atoms with van der Waals surface area (Å²) >= 11 is 11.9. The lowest BCUT2D eigenvalue weighted by Gasteiger charge is -2.15. The summed E-state index contributed by atoms with van der Waals surface area (Å²) in [4.78, 5) is 4.34. The molecule has 19 heavy (non-hydrogen) atoms. The van der Waals surface area contributed by atoms with Crippen molar-refractivity contribution >= 4 is 23.2 Å². The molecule has 0 radical (unpaired) electrons. The Balaban J connectivity index is 2.01. The zero-order valence-electron chi connectivity index (χ0n) is 11.0. The predicted molar refractivity (Wildman–Crippen MR) is 79.6 cm³/mol. The molecule has 0 aliphatic carbocycles. The maximum absolute atomic E-state index is 6.03. The zero-order chi connectivity index (χ0) is 13.8. The summed E-state index contributed by atoms with van der Waals surface area (Å²) in [5.74, 6) is 1.04. The fraction of sp³-hybridized carbons (Fsp3) is 0.357. The van der Waals surface area contributed by atoms with Crippen LogP contribution < -0.4 is 5.32 Å². The second-order valence-corrected chi connectivity index (χ2v) is 5.22. The summed E-state index contributed by atoms with van der Waals surface area (Å²) < 4.78 is 2.12. The van der Waals surface area contributed by atoms with Crippen molar-refractivity contribution in [1.82, 2.24) is 14.9 Å². The summed E-state index contributed by atoms with van der Waals surface area (Å²) in [6.07, 6.45) is 3.81. The van der Waals surface area contributed by atoms with E-state index in [0.29, 0.717) is 10.0 Å². The van der Waals surface area contributed by atoms with Crippen LogP contribution in [0.25, 0.3) is 0 Å². The van der Waals surface area contributed by atoms with Crippen molar-refractivity contribution in [3.63, 3.8) is 0 Å². The van der Waals surface area contributed by atoms with Gasteiger partial charge < -0.3 is 9.88 Å². The van der Waals surface area contributed by atoms with Gasteiger partial charge in [0.1, 0.15) is 5.82 Å². The van der Waals surface area contributed by atoms with Crippen molar-refractivity contribution in [1.29, 1.82) is 0 Å². The minimum Gasteiger partial charge on any atom is -0.334 e. The molecule has 0 saturated carbocycles. The van der Waals surface area contributed by atoms with Crippen LogP contribution in [0.3, 0.4) is 0 Å². The Morgan fingerprint density at radius 3 is 2.79 bits per heavy atom. The maximum atomic E-state index is 6.03. The van der Waals surface area contributed by atoms with Crippen LogP contribution in [0.1, 0.15) is 31.3 Å². The van der Waals surface area contributed by atoms with E-state index in [1.165, 1.54) is 0 Å². The molecular weight excluding hydrogens is 281 g/mol. The molecule has 0 spiro atoms. The number of imidazole rings is 1. The third-order valence-electron chi connectivity index (χ3n) is 3.15. The summed E-state index contributed by atoms with van der Waals surface area (Å²) in [5.41, 5.74) is 1.11. The monoisotopic (exact) mass is 297 g/mol. The molecule has 1 N–H and O–H groups in total. The van der Waals surface area contributed by atoms with Crippen molar-refractivity contribution in [2.75, 3.05) is 0 Å². The topological polar surface area (TPSA) is 29.9 Å².